The second kappa shape index (κ2) is 3.12. The highest BCUT2D eigenvalue weighted by molar-refractivity contribution is 5.82. The molecule has 2 heterocycles. The fraction of sp³-hybridized carbons (Fsp3) is 0.615. The molecule has 88 valence electrons. The van der Waals surface area contributed by atoms with E-state index in [0.717, 1.165) is 17.1 Å². The molecule has 3 heteroatoms. The molecule has 0 saturated carbocycles. The first kappa shape index (κ1) is 11.2. The summed E-state index contributed by atoms with van der Waals surface area (Å²) in [6.45, 7) is 10.2. The molecule has 0 aliphatic carbocycles. The Morgan fingerprint density at radius 2 is 1.94 bits per heavy atom. The fourth-order valence-corrected chi connectivity index (χ4v) is 2.68. The van der Waals surface area contributed by atoms with Crippen molar-refractivity contribution in [3.8, 4) is 0 Å². The van der Waals surface area contributed by atoms with Crippen LogP contribution in [0.3, 0.4) is 0 Å². The molecule has 1 fully saturated rings. The molecule has 16 heavy (non-hydrogen) atoms. The number of rotatable bonds is 1. The van der Waals surface area contributed by atoms with E-state index < -0.39 is 0 Å². The predicted molar refractivity (Wildman–Crippen MR) is 62.4 cm³/mol. The zero-order chi connectivity index (χ0) is 12.1. The SMILES string of the molecule is Cc1cc(C2(C)CC(=O)NC2(C)C)c(C)o1. The molecule has 1 aromatic rings. The smallest absolute Gasteiger partial charge is 0.221 e. The van der Waals surface area contributed by atoms with E-state index in [0.29, 0.717) is 6.42 Å². The number of aryl methyl sites for hydroxylation is 2. The van der Waals surface area contributed by atoms with Gasteiger partial charge < -0.3 is 9.73 Å². The molecular formula is C13H19NO2. The van der Waals surface area contributed by atoms with Crippen molar-refractivity contribution in [3.63, 3.8) is 0 Å². The summed E-state index contributed by atoms with van der Waals surface area (Å²) in [5, 5.41) is 3.04. The number of carbonyl (C=O) groups is 1. The van der Waals surface area contributed by atoms with Gasteiger partial charge in [0.15, 0.2) is 0 Å². The van der Waals surface area contributed by atoms with E-state index in [2.05, 4.69) is 32.2 Å². The molecule has 3 nitrogen and oxygen atoms in total. The summed E-state index contributed by atoms with van der Waals surface area (Å²) < 4.78 is 5.58. The number of amides is 1. The highest BCUT2D eigenvalue weighted by atomic mass is 16.3. The lowest BCUT2D eigenvalue weighted by Crippen LogP contribution is -2.48. The van der Waals surface area contributed by atoms with E-state index in [1.165, 1.54) is 0 Å². The average Bonchev–Trinajstić information content (AvgIpc) is 2.52. The maximum Gasteiger partial charge on any atom is 0.221 e. The van der Waals surface area contributed by atoms with E-state index in [1.54, 1.807) is 0 Å². The Hall–Kier alpha value is -1.25. The van der Waals surface area contributed by atoms with Crippen LogP contribution in [0.25, 0.3) is 0 Å². The van der Waals surface area contributed by atoms with Crippen molar-refractivity contribution in [3.05, 3.63) is 23.2 Å². The van der Waals surface area contributed by atoms with Crippen LogP contribution in [0.15, 0.2) is 10.5 Å². The van der Waals surface area contributed by atoms with Gasteiger partial charge in [-0.15, -0.1) is 0 Å². The van der Waals surface area contributed by atoms with Crippen molar-refractivity contribution >= 4 is 5.91 Å². The summed E-state index contributed by atoms with van der Waals surface area (Å²) in [4.78, 5) is 11.6. The van der Waals surface area contributed by atoms with Crippen molar-refractivity contribution < 1.29 is 9.21 Å². The van der Waals surface area contributed by atoms with Crippen LogP contribution >= 0.6 is 0 Å². The van der Waals surface area contributed by atoms with Gasteiger partial charge in [0.25, 0.3) is 0 Å². The van der Waals surface area contributed by atoms with E-state index in [1.807, 2.05) is 13.8 Å². The maximum atomic E-state index is 11.6. The second-order valence-corrected chi connectivity index (χ2v) is 5.51. The molecule has 1 atom stereocenters. The third-order valence-electron chi connectivity index (χ3n) is 3.98. The first-order valence-electron chi connectivity index (χ1n) is 5.65. The van der Waals surface area contributed by atoms with Crippen molar-refractivity contribution in [2.45, 2.75) is 52.0 Å². The summed E-state index contributed by atoms with van der Waals surface area (Å²) >= 11 is 0. The molecule has 1 unspecified atom stereocenters. The van der Waals surface area contributed by atoms with E-state index in [4.69, 9.17) is 4.42 Å². The number of carbonyl (C=O) groups excluding carboxylic acids is 1. The molecule has 0 aromatic carbocycles. The van der Waals surface area contributed by atoms with E-state index >= 15 is 0 Å². The molecule has 1 saturated heterocycles. The van der Waals surface area contributed by atoms with Crippen LogP contribution in [-0.2, 0) is 10.2 Å². The van der Waals surface area contributed by atoms with Crippen LogP contribution in [0, 0.1) is 13.8 Å². The summed E-state index contributed by atoms with van der Waals surface area (Å²) in [5.74, 6) is 1.94. The normalized spacial score (nSPS) is 28.2. The first-order valence-corrected chi connectivity index (χ1v) is 5.65. The number of hydrogen-bond donors (Lipinski definition) is 1. The van der Waals surface area contributed by atoms with Crippen molar-refractivity contribution in [1.82, 2.24) is 5.32 Å². The van der Waals surface area contributed by atoms with Gasteiger partial charge in [-0.25, -0.2) is 0 Å². The van der Waals surface area contributed by atoms with Gasteiger partial charge in [-0.2, -0.15) is 0 Å². The van der Waals surface area contributed by atoms with Gasteiger partial charge in [-0.1, -0.05) is 6.92 Å². The van der Waals surface area contributed by atoms with Crippen molar-refractivity contribution in [2.24, 2.45) is 0 Å². The molecule has 1 aliphatic rings. The van der Waals surface area contributed by atoms with Crippen LogP contribution in [-0.4, -0.2) is 11.4 Å². The maximum absolute atomic E-state index is 11.6. The number of furan rings is 1. The first-order chi connectivity index (χ1) is 7.26. The van der Waals surface area contributed by atoms with Crippen molar-refractivity contribution in [2.75, 3.05) is 0 Å². The molecule has 1 N–H and O–H groups in total. The lowest BCUT2D eigenvalue weighted by Gasteiger charge is -2.36. The quantitative estimate of drug-likeness (QED) is 0.791. The van der Waals surface area contributed by atoms with Crippen LogP contribution in [0.2, 0.25) is 0 Å². The highest BCUT2D eigenvalue weighted by Crippen LogP contribution is 2.44. The molecular weight excluding hydrogens is 202 g/mol. The average molecular weight is 221 g/mol. The van der Waals surface area contributed by atoms with Gasteiger partial charge in [0, 0.05) is 22.9 Å². The molecule has 1 amide bonds. The van der Waals surface area contributed by atoms with Crippen LogP contribution in [0.4, 0.5) is 0 Å². The minimum atomic E-state index is -0.231. The van der Waals surface area contributed by atoms with Gasteiger partial charge in [0.05, 0.1) is 0 Å². The zero-order valence-corrected chi connectivity index (χ0v) is 10.6. The van der Waals surface area contributed by atoms with Crippen LogP contribution in [0.5, 0.6) is 0 Å². The summed E-state index contributed by atoms with van der Waals surface area (Å²) in [6.07, 6.45) is 0.528. The molecule has 0 radical (unpaired) electrons. The molecule has 2 rings (SSSR count). The largest absolute Gasteiger partial charge is 0.466 e. The lowest BCUT2D eigenvalue weighted by molar-refractivity contribution is -0.119. The Morgan fingerprint density at radius 1 is 1.31 bits per heavy atom. The van der Waals surface area contributed by atoms with Gasteiger partial charge in [0.1, 0.15) is 11.5 Å². The Morgan fingerprint density at radius 3 is 2.31 bits per heavy atom. The highest BCUT2D eigenvalue weighted by Gasteiger charge is 2.51. The predicted octanol–water partition coefficient (Wildman–Crippen LogP) is 2.45. The standard InChI is InChI=1S/C13H19NO2/c1-8-6-10(9(2)16-8)13(5)7-11(15)14-12(13,3)4/h6H,7H2,1-5H3,(H,14,15). The van der Waals surface area contributed by atoms with E-state index in [-0.39, 0.29) is 16.9 Å². The minimum Gasteiger partial charge on any atom is -0.466 e. The monoisotopic (exact) mass is 221 g/mol. The van der Waals surface area contributed by atoms with E-state index in [9.17, 15) is 4.79 Å². The lowest BCUT2D eigenvalue weighted by atomic mass is 9.69. The third-order valence-corrected chi connectivity index (χ3v) is 3.98. The number of hydrogen-bond acceptors (Lipinski definition) is 2. The molecule has 0 bridgehead atoms. The Balaban J connectivity index is 2.54. The van der Waals surface area contributed by atoms with Crippen LogP contribution < -0.4 is 5.32 Å². The molecule has 1 aromatic heterocycles. The second-order valence-electron chi connectivity index (χ2n) is 5.51. The number of nitrogens with one attached hydrogen (secondary N) is 1. The van der Waals surface area contributed by atoms with Gasteiger partial charge >= 0.3 is 0 Å². The zero-order valence-electron chi connectivity index (χ0n) is 10.6. The summed E-state index contributed by atoms with van der Waals surface area (Å²) in [5.41, 5.74) is 0.727. The third kappa shape index (κ3) is 1.38. The Bertz CT molecular complexity index is 445. The molecule has 0 spiro atoms. The van der Waals surface area contributed by atoms with Crippen LogP contribution in [0.1, 0.15) is 44.3 Å². The summed E-state index contributed by atoms with van der Waals surface area (Å²) in [7, 11) is 0. The van der Waals surface area contributed by atoms with Crippen molar-refractivity contribution in [1.29, 1.82) is 0 Å². The topological polar surface area (TPSA) is 42.2 Å². The Labute approximate surface area is 96.2 Å². The fourth-order valence-electron chi connectivity index (χ4n) is 2.68. The van der Waals surface area contributed by atoms with Gasteiger partial charge in [0.2, 0.25) is 5.91 Å². The summed E-state index contributed by atoms with van der Waals surface area (Å²) in [6, 6.07) is 2.05. The molecule has 1 aliphatic heterocycles. The van der Waals surface area contributed by atoms with Gasteiger partial charge in [-0.05, 0) is 33.8 Å². The Kier molecular flexibility index (Phi) is 2.19. The minimum absolute atomic E-state index is 0.116. The van der Waals surface area contributed by atoms with Gasteiger partial charge in [-0.3, -0.25) is 4.79 Å².